The van der Waals surface area contributed by atoms with Crippen LogP contribution in [0.2, 0.25) is 0 Å². The first kappa shape index (κ1) is 14.0. The summed E-state index contributed by atoms with van der Waals surface area (Å²) in [5, 5.41) is 14.2. The van der Waals surface area contributed by atoms with E-state index < -0.39 is 11.9 Å². The van der Waals surface area contributed by atoms with Crippen LogP contribution in [0.3, 0.4) is 0 Å². The number of hydrogen-bond acceptors (Lipinski definition) is 4. The molecule has 0 saturated heterocycles. The van der Waals surface area contributed by atoms with Gasteiger partial charge in [0.15, 0.2) is 6.10 Å². The summed E-state index contributed by atoms with van der Waals surface area (Å²) < 4.78 is 18.5. The molecule has 0 aliphatic carbocycles. The Balaban J connectivity index is 3.06. The van der Waals surface area contributed by atoms with Crippen molar-refractivity contribution in [3.05, 3.63) is 29.6 Å². The molecule has 18 heavy (non-hydrogen) atoms. The number of carbonyl (C=O) groups is 1. The first-order valence-electron chi connectivity index (χ1n) is 5.36. The molecule has 1 aromatic rings. The quantitative estimate of drug-likeness (QED) is 0.486. The van der Waals surface area contributed by atoms with Gasteiger partial charge in [-0.15, -0.1) is 0 Å². The topological polar surface area (TPSA) is 70.9 Å². The van der Waals surface area contributed by atoms with Crippen LogP contribution in [-0.2, 0) is 4.79 Å². The first-order valence-corrected chi connectivity index (χ1v) is 5.36. The second-order valence-electron chi connectivity index (χ2n) is 3.70. The number of benzene rings is 1. The van der Waals surface area contributed by atoms with Crippen LogP contribution in [-0.4, -0.2) is 30.0 Å². The molecule has 1 unspecified atom stereocenters. The summed E-state index contributed by atoms with van der Waals surface area (Å²) in [6.45, 7) is 3.09. The molecule has 5 nitrogen and oxygen atoms in total. The maximum atomic E-state index is 13.2. The van der Waals surface area contributed by atoms with E-state index in [9.17, 15) is 9.18 Å². The molecule has 1 atom stereocenters. The number of halogens is 1. The summed E-state index contributed by atoms with van der Waals surface area (Å²) in [6.07, 6.45) is -0.776. The molecular weight excluding hydrogens is 239 g/mol. The van der Waals surface area contributed by atoms with Gasteiger partial charge in [0, 0.05) is 18.7 Å². The lowest BCUT2D eigenvalue weighted by Crippen LogP contribution is -2.34. The molecule has 0 aliphatic rings. The third kappa shape index (κ3) is 3.19. The number of rotatable bonds is 4. The van der Waals surface area contributed by atoms with Gasteiger partial charge in [0.1, 0.15) is 11.6 Å². The molecule has 98 valence electrons. The monoisotopic (exact) mass is 254 g/mol. The molecule has 0 spiro atoms. The van der Waals surface area contributed by atoms with Gasteiger partial charge >= 0.3 is 0 Å². The van der Waals surface area contributed by atoms with Gasteiger partial charge in [0.25, 0.3) is 5.91 Å². The second-order valence-corrected chi connectivity index (χ2v) is 3.70. The minimum atomic E-state index is -0.776. The molecule has 0 bridgehead atoms. The third-order valence-electron chi connectivity index (χ3n) is 2.40. The Morgan fingerprint density at radius 2 is 2.22 bits per heavy atom. The Kier molecular flexibility index (Phi) is 4.65. The molecular formula is C12H15FN2O3. The van der Waals surface area contributed by atoms with Crippen molar-refractivity contribution in [2.24, 2.45) is 5.16 Å². The maximum absolute atomic E-state index is 13.2. The van der Waals surface area contributed by atoms with Crippen molar-refractivity contribution >= 4 is 11.6 Å². The van der Waals surface area contributed by atoms with Gasteiger partial charge in [-0.2, -0.15) is 0 Å². The lowest BCUT2D eigenvalue weighted by molar-refractivity contribution is -0.126. The zero-order valence-corrected chi connectivity index (χ0v) is 10.4. The van der Waals surface area contributed by atoms with Crippen molar-refractivity contribution < 1.29 is 19.1 Å². The fraction of sp³-hybridized carbons (Fsp3) is 0.333. The van der Waals surface area contributed by atoms with E-state index in [0.717, 1.165) is 6.07 Å². The summed E-state index contributed by atoms with van der Waals surface area (Å²) in [5.41, 5.74) is 0.698. The van der Waals surface area contributed by atoms with Crippen molar-refractivity contribution in [1.82, 2.24) is 5.32 Å². The predicted octanol–water partition coefficient (Wildman–Crippen LogP) is 1.54. The molecule has 1 rings (SSSR count). The standard InChI is InChI=1S/C12H15FN2O3/c1-7(15-17)10-5-4-9(13)6-11(10)18-8(2)12(16)14-3/h4-6,8,17H,1-3H3,(H,14,16). The van der Waals surface area contributed by atoms with Crippen LogP contribution in [0, 0.1) is 5.82 Å². The summed E-state index contributed by atoms with van der Waals surface area (Å²) in [5.74, 6) is -0.672. The molecule has 0 saturated carbocycles. The van der Waals surface area contributed by atoms with Crippen molar-refractivity contribution in [3.8, 4) is 5.75 Å². The normalized spacial score (nSPS) is 13.0. The molecule has 6 heteroatoms. The van der Waals surface area contributed by atoms with E-state index >= 15 is 0 Å². The zero-order valence-electron chi connectivity index (χ0n) is 10.4. The van der Waals surface area contributed by atoms with Gasteiger partial charge < -0.3 is 15.3 Å². The van der Waals surface area contributed by atoms with Crippen LogP contribution >= 0.6 is 0 Å². The highest BCUT2D eigenvalue weighted by molar-refractivity contribution is 6.00. The van der Waals surface area contributed by atoms with E-state index in [1.807, 2.05) is 0 Å². The number of carbonyl (C=O) groups excluding carboxylic acids is 1. The highest BCUT2D eigenvalue weighted by Gasteiger charge is 2.16. The Morgan fingerprint density at radius 1 is 1.56 bits per heavy atom. The summed E-state index contributed by atoms with van der Waals surface area (Å²) in [6, 6.07) is 3.79. The largest absolute Gasteiger partial charge is 0.480 e. The Bertz CT molecular complexity index is 474. The molecule has 1 amide bonds. The van der Waals surface area contributed by atoms with Crippen LogP contribution < -0.4 is 10.1 Å². The van der Waals surface area contributed by atoms with Crippen molar-refractivity contribution in [1.29, 1.82) is 0 Å². The van der Waals surface area contributed by atoms with Gasteiger partial charge in [-0.25, -0.2) is 4.39 Å². The minimum Gasteiger partial charge on any atom is -0.480 e. The summed E-state index contributed by atoms with van der Waals surface area (Å²) >= 11 is 0. The van der Waals surface area contributed by atoms with Crippen LogP contribution in [0.25, 0.3) is 0 Å². The van der Waals surface area contributed by atoms with Crippen LogP contribution in [0.4, 0.5) is 4.39 Å². The average molecular weight is 254 g/mol. The molecule has 0 radical (unpaired) electrons. The van der Waals surface area contributed by atoms with Crippen LogP contribution in [0.15, 0.2) is 23.4 Å². The zero-order chi connectivity index (χ0) is 13.7. The Morgan fingerprint density at radius 3 is 2.78 bits per heavy atom. The highest BCUT2D eigenvalue weighted by atomic mass is 19.1. The highest BCUT2D eigenvalue weighted by Crippen LogP contribution is 2.22. The van der Waals surface area contributed by atoms with Gasteiger partial charge in [0.05, 0.1) is 5.71 Å². The number of ether oxygens (including phenoxy) is 1. The van der Waals surface area contributed by atoms with E-state index in [4.69, 9.17) is 9.94 Å². The van der Waals surface area contributed by atoms with Gasteiger partial charge in [-0.1, -0.05) is 5.16 Å². The SMILES string of the molecule is CNC(=O)C(C)Oc1cc(F)ccc1C(C)=NO. The number of likely N-dealkylation sites (N-methyl/N-ethyl adjacent to an activating group) is 1. The Labute approximate surface area is 104 Å². The van der Waals surface area contributed by atoms with E-state index in [1.165, 1.54) is 19.2 Å². The van der Waals surface area contributed by atoms with Crippen LogP contribution in [0.5, 0.6) is 5.75 Å². The van der Waals surface area contributed by atoms with Crippen molar-refractivity contribution in [3.63, 3.8) is 0 Å². The first-order chi connectivity index (χ1) is 8.49. The molecule has 0 heterocycles. The van der Waals surface area contributed by atoms with Crippen LogP contribution in [0.1, 0.15) is 19.4 Å². The fourth-order valence-electron chi connectivity index (χ4n) is 1.39. The van der Waals surface area contributed by atoms with E-state index in [0.29, 0.717) is 5.56 Å². The lowest BCUT2D eigenvalue weighted by Gasteiger charge is -2.16. The van der Waals surface area contributed by atoms with Gasteiger partial charge in [-0.05, 0) is 26.0 Å². The summed E-state index contributed by atoms with van der Waals surface area (Å²) in [4.78, 5) is 11.3. The fourth-order valence-corrected chi connectivity index (χ4v) is 1.39. The smallest absolute Gasteiger partial charge is 0.260 e. The molecule has 1 aromatic carbocycles. The third-order valence-corrected chi connectivity index (χ3v) is 2.40. The number of nitrogens with zero attached hydrogens (tertiary/aromatic N) is 1. The average Bonchev–Trinajstić information content (AvgIpc) is 2.37. The molecule has 0 aliphatic heterocycles. The Hall–Kier alpha value is -2.11. The molecule has 2 N–H and O–H groups in total. The lowest BCUT2D eigenvalue weighted by atomic mass is 10.1. The number of oxime groups is 1. The van der Waals surface area contributed by atoms with E-state index in [1.54, 1.807) is 13.8 Å². The van der Waals surface area contributed by atoms with Crippen molar-refractivity contribution in [2.75, 3.05) is 7.05 Å². The van der Waals surface area contributed by atoms with E-state index in [2.05, 4.69) is 10.5 Å². The number of amides is 1. The number of nitrogens with one attached hydrogen (secondary N) is 1. The summed E-state index contributed by atoms with van der Waals surface area (Å²) in [7, 11) is 1.48. The maximum Gasteiger partial charge on any atom is 0.260 e. The van der Waals surface area contributed by atoms with E-state index in [-0.39, 0.29) is 17.4 Å². The minimum absolute atomic E-state index is 0.154. The van der Waals surface area contributed by atoms with Crippen molar-refractivity contribution in [2.45, 2.75) is 20.0 Å². The molecule has 0 aromatic heterocycles. The predicted molar refractivity (Wildman–Crippen MR) is 64.6 cm³/mol. The molecule has 0 fully saturated rings. The van der Waals surface area contributed by atoms with Gasteiger partial charge in [0.2, 0.25) is 0 Å². The van der Waals surface area contributed by atoms with Gasteiger partial charge in [-0.3, -0.25) is 4.79 Å². The number of hydrogen-bond donors (Lipinski definition) is 2. The second kappa shape index (κ2) is 6.00.